The predicted octanol–water partition coefficient (Wildman–Crippen LogP) is 11.0. The Morgan fingerprint density at radius 1 is 0.380 bits per heavy atom. The largest absolute Gasteiger partial charge is 0.310 e. The van der Waals surface area contributed by atoms with Gasteiger partial charge in [0.05, 0.1) is 16.8 Å². The van der Waals surface area contributed by atoms with E-state index in [0.717, 1.165) is 33.8 Å². The van der Waals surface area contributed by atoms with Crippen molar-refractivity contribution in [3.8, 4) is 45.0 Å². The van der Waals surface area contributed by atoms with E-state index in [1.165, 1.54) is 44.8 Å². The Balaban J connectivity index is 1.31. The van der Waals surface area contributed by atoms with Gasteiger partial charge in [0.1, 0.15) is 11.4 Å². The smallest absolute Gasteiger partial charge is 0.182 e. The first-order valence-corrected chi connectivity index (χ1v) is 17.0. The molecule has 1 spiro atoms. The van der Waals surface area contributed by atoms with Gasteiger partial charge in [0, 0.05) is 22.4 Å². The lowest BCUT2D eigenvalue weighted by atomic mass is 9.64. The van der Waals surface area contributed by atoms with Gasteiger partial charge in [-0.1, -0.05) is 158 Å². The fourth-order valence-electron chi connectivity index (χ4n) is 8.22. The van der Waals surface area contributed by atoms with Crippen LogP contribution in [0.4, 0.5) is 17.1 Å². The standard InChI is InChI=1S/C46H30N4/c1-4-17-31(18-5-1)43-44(47-45(49-48-43)32-19-6-2-7-20-32)35-24-16-28-39-42(35)34-23-10-11-25-36(34)46(39)37-26-12-14-29-40(37)50(33-21-8-3-9-22-33)41-30-15-13-27-38(41)46/h1-30H. The van der Waals surface area contributed by atoms with Crippen LogP contribution in [0.5, 0.6) is 0 Å². The zero-order valence-electron chi connectivity index (χ0n) is 27.1. The topological polar surface area (TPSA) is 41.9 Å². The Morgan fingerprint density at radius 2 is 0.900 bits per heavy atom. The van der Waals surface area contributed by atoms with E-state index in [4.69, 9.17) is 10.1 Å². The first kappa shape index (κ1) is 28.4. The van der Waals surface area contributed by atoms with Crippen molar-refractivity contribution < 1.29 is 0 Å². The summed E-state index contributed by atoms with van der Waals surface area (Å²) in [6, 6.07) is 64.5. The lowest BCUT2D eigenvalue weighted by Crippen LogP contribution is -2.36. The minimum atomic E-state index is -0.559. The lowest BCUT2D eigenvalue weighted by molar-refractivity contribution is 0.753. The van der Waals surface area contributed by atoms with Crippen LogP contribution >= 0.6 is 0 Å². The summed E-state index contributed by atoms with van der Waals surface area (Å²) < 4.78 is 0. The number of fused-ring (bicyclic) bond motifs is 9. The third kappa shape index (κ3) is 4.02. The minimum absolute atomic E-state index is 0.559. The van der Waals surface area contributed by atoms with Crippen LogP contribution in [-0.4, -0.2) is 15.2 Å². The van der Waals surface area contributed by atoms with Gasteiger partial charge in [-0.2, -0.15) is 0 Å². The first-order valence-electron chi connectivity index (χ1n) is 17.0. The molecular formula is C46H30N4. The number of benzene rings is 7. The number of hydrogen-bond acceptors (Lipinski definition) is 4. The average molecular weight is 639 g/mol. The summed E-state index contributed by atoms with van der Waals surface area (Å²) in [5.41, 5.74) is 14.8. The number of rotatable bonds is 4. The molecule has 0 atom stereocenters. The Morgan fingerprint density at radius 3 is 1.58 bits per heavy atom. The van der Waals surface area contributed by atoms with Gasteiger partial charge >= 0.3 is 0 Å². The van der Waals surface area contributed by atoms with Crippen molar-refractivity contribution in [1.29, 1.82) is 0 Å². The maximum absolute atomic E-state index is 5.33. The van der Waals surface area contributed by atoms with Gasteiger partial charge < -0.3 is 4.90 Å². The van der Waals surface area contributed by atoms with E-state index in [-0.39, 0.29) is 0 Å². The summed E-state index contributed by atoms with van der Waals surface area (Å²) in [5, 5.41) is 9.55. The van der Waals surface area contributed by atoms with Gasteiger partial charge in [0.25, 0.3) is 0 Å². The zero-order valence-corrected chi connectivity index (χ0v) is 27.1. The molecular weight excluding hydrogens is 609 g/mol. The normalized spacial score (nSPS) is 13.3. The van der Waals surface area contributed by atoms with Crippen molar-refractivity contribution in [2.45, 2.75) is 5.41 Å². The number of para-hydroxylation sites is 3. The van der Waals surface area contributed by atoms with E-state index in [9.17, 15) is 0 Å². The minimum Gasteiger partial charge on any atom is -0.310 e. The van der Waals surface area contributed by atoms with Crippen LogP contribution in [0.1, 0.15) is 22.3 Å². The second kappa shape index (κ2) is 11.2. The number of aromatic nitrogens is 3. The molecule has 0 saturated heterocycles. The van der Waals surface area contributed by atoms with Crippen molar-refractivity contribution in [3.05, 3.63) is 204 Å². The Kier molecular flexibility index (Phi) is 6.36. The third-order valence-electron chi connectivity index (χ3n) is 10.2. The summed E-state index contributed by atoms with van der Waals surface area (Å²) in [6.07, 6.45) is 0. The molecule has 10 rings (SSSR count). The van der Waals surface area contributed by atoms with E-state index in [2.05, 4.69) is 143 Å². The molecule has 0 radical (unpaired) electrons. The molecule has 0 unspecified atom stereocenters. The predicted molar refractivity (Wildman–Crippen MR) is 202 cm³/mol. The first-order chi connectivity index (χ1) is 24.8. The van der Waals surface area contributed by atoms with Crippen molar-refractivity contribution in [3.63, 3.8) is 0 Å². The maximum atomic E-state index is 5.33. The third-order valence-corrected chi connectivity index (χ3v) is 10.2. The number of nitrogens with zero attached hydrogens (tertiary/aromatic N) is 4. The van der Waals surface area contributed by atoms with Crippen LogP contribution in [0, 0.1) is 0 Å². The Bertz CT molecular complexity index is 2500. The van der Waals surface area contributed by atoms with E-state index < -0.39 is 5.41 Å². The van der Waals surface area contributed by atoms with Crippen molar-refractivity contribution >= 4 is 17.1 Å². The van der Waals surface area contributed by atoms with Gasteiger partial charge in [-0.3, -0.25) is 0 Å². The van der Waals surface area contributed by atoms with Gasteiger partial charge in [-0.15, -0.1) is 10.2 Å². The van der Waals surface area contributed by atoms with Crippen LogP contribution in [0.15, 0.2) is 182 Å². The fourth-order valence-corrected chi connectivity index (χ4v) is 8.22. The molecule has 1 aromatic heterocycles. The van der Waals surface area contributed by atoms with Crippen molar-refractivity contribution in [2.75, 3.05) is 4.90 Å². The average Bonchev–Trinajstić information content (AvgIpc) is 3.50. The number of anilines is 3. The fraction of sp³-hybridized carbons (Fsp3) is 0.0217. The summed E-state index contributed by atoms with van der Waals surface area (Å²) >= 11 is 0. The van der Waals surface area contributed by atoms with Gasteiger partial charge in [-0.25, -0.2) is 4.98 Å². The summed E-state index contributed by atoms with van der Waals surface area (Å²) in [5.74, 6) is 0.603. The SMILES string of the molecule is c1ccc(-c2nnc(-c3ccccc3)c(-c3cccc4c3-c3ccccc3C43c4ccccc4N(c4ccccc4)c4ccccc43)n2)cc1. The second-order valence-corrected chi connectivity index (χ2v) is 12.8. The highest BCUT2D eigenvalue weighted by atomic mass is 15.2. The molecule has 0 bridgehead atoms. The molecule has 2 heterocycles. The van der Waals surface area contributed by atoms with Crippen molar-refractivity contribution in [1.82, 2.24) is 15.2 Å². The molecule has 1 aliphatic carbocycles. The summed E-state index contributed by atoms with van der Waals surface area (Å²) in [7, 11) is 0. The zero-order chi connectivity index (χ0) is 33.1. The highest BCUT2D eigenvalue weighted by molar-refractivity contribution is 6.01. The highest BCUT2D eigenvalue weighted by Gasteiger charge is 2.52. The molecule has 7 aromatic carbocycles. The molecule has 4 heteroatoms. The van der Waals surface area contributed by atoms with Gasteiger partial charge in [-0.05, 0) is 57.6 Å². The van der Waals surface area contributed by atoms with Gasteiger partial charge in [0.15, 0.2) is 5.82 Å². The van der Waals surface area contributed by atoms with Crippen LogP contribution in [0.2, 0.25) is 0 Å². The highest BCUT2D eigenvalue weighted by Crippen LogP contribution is 2.64. The molecule has 1 aliphatic heterocycles. The molecule has 50 heavy (non-hydrogen) atoms. The summed E-state index contributed by atoms with van der Waals surface area (Å²) in [4.78, 5) is 7.74. The van der Waals surface area contributed by atoms with Crippen LogP contribution < -0.4 is 4.90 Å². The van der Waals surface area contributed by atoms with Crippen LogP contribution in [0.3, 0.4) is 0 Å². The van der Waals surface area contributed by atoms with E-state index in [1.54, 1.807) is 0 Å². The quantitative estimate of drug-likeness (QED) is 0.192. The molecule has 8 aromatic rings. The molecule has 0 saturated carbocycles. The number of hydrogen-bond donors (Lipinski definition) is 0. The summed E-state index contributed by atoms with van der Waals surface area (Å²) in [6.45, 7) is 0. The van der Waals surface area contributed by atoms with E-state index >= 15 is 0 Å². The Hall–Kier alpha value is -6.65. The molecule has 0 fully saturated rings. The van der Waals surface area contributed by atoms with Crippen LogP contribution in [0.25, 0.3) is 45.0 Å². The molecule has 0 amide bonds. The maximum Gasteiger partial charge on any atom is 0.182 e. The molecule has 2 aliphatic rings. The monoisotopic (exact) mass is 638 g/mol. The molecule has 0 N–H and O–H groups in total. The molecule has 234 valence electrons. The Labute approximate surface area is 291 Å². The van der Waals surface area contributed by atoms with Gasteiger partial charge in [0.2, 0.25) is 0 Å². The lowest BCUT2D eigenvalue weighted by Gasteiger charge is -2.45. The van der Waals surface area contributed by atoms with E-state index in [0.29, 0.717) is 5.82 Å². The van der Waals surface area contributed by atoms with Crippen molar-refractivity contribution in [2.24, 2.45) is 0 Å². The molecule has 4 nitrogen and oxygen atoms in total. The van der Waals surface area contributed by atoms with E-state index in [1.807, 2.05) is 48.5 Å². The van der Waals surface area contributed by atoms with Crippen LogP contribution in [-0.2, 0) is 5.41 Å². The second-order valence-electron chi connectivity index (χ2n) is 12.8.